The summed E-state index contributed by atoms with van der Waals surface area (Å²) in [5.74, 6) is 0.165. The summed E-state index contributed by atoms with van der Waals surface area (Å²) in [6.45, 7) is 2.42. The zero-order valence-electron chi connectivity index (χ0n) is 15.0. The van der Waals surface area contributed by atoms with E-state index >= 15 is 0 Å². The molecule has 0 fully saturated rings. The van der Waals surface area contributed by atoms with E-state index in [9.17, 15) is 9.59 Å². The van der Waals surface area contributed by atoms with Crippen LogP contribution >= 0.6 is 0 Å². The third-order valence-electron chi connectivity index (χ3n) is 4.46. The molecule has 0 heterocycles. The number of aliphatic hydroxyl groups excluding tert-OH is 1. The Kier molecular flexibility index (Phi) is 9.76. The number of rotatable bonds is 12. The van der Waals surface area contributed by atoms with Crippen LogP contribution < -0.4 is 0 Å². The molecule has 1 N–H and O–H groups in total. The van der Waals surface area contributed by atoms with Crippen molar-refractivity contribution in [2.45, 2.75) is 57.7 Å². The summed E-state index contributed by atoms with van der Waals surface area (Å²) < 4.78 is 11.1. The largest absolute Gasteiger partial charge is 0.396 e. The maximum absolute atomic E-state index is 11.9. The summed E-state index contributed by atoms with van der Waals surface area (Å²) in [4.78, 5) is 23.4. The first-order valence-corrected chi connectivity index (χ1v) is 8.65. The first-order chi connectivity index (χ1) is 11.5. The van der Waals surface area contributed by atoms with E-state index < -0.39 is 0 Å². The Bertz CT molecular complexity index is 466. The van der Waals surface area contributed by atoms with Crippen LogP contribution in [0.15, 0.2) is 23.8 Å². The molecule has 0 bridgehead atoms. The third-order valence-corrected chi connectivity index (χ3v) is 4.46. The highest BCUT2D eigenvalue weighted by Gasteiger charge is 2.26. The van der Waals surface area contributed by atoms with Crippen LogP contribution in [0.25, 0.3) is 0 Å². The molecule has 24 heavy (non-hydrogen) atoms. The molecule has 5 nitrogen and oxygen atoms in total. The number of hydrogen-bond donors (Lipinski definition) is 1. The Morgan fingerprint density at radius 3 is 2.38 bits per heavy atom. The molecule has 1 aliphatic rings. The topological polar surface area (TPSA) is 72.8 Å². The van der Waals surface area contributed by atoms with Crippen molar-refractivity contribution in [1.29, 1.82) is 0 Å². The SMILES string of the molecule is COC(CC1=CC(=O)C=CC1=O)C(CC(C)CCCCCO)OC. The minimum Gasteiger partial charge on any atom is -0.396 e. The average molecular weight is 338 g/mol. The molecule has 0 amide bonds. The fraction of sp³-hybridized carbons (Fsp3) is 0.684. The summed E-state index contributed by atoms with van der Waals surface area (Å²) in [6, 6.07) is 0. The highest BCUT2D eigenvalue weighted by Crippen LogP contribution is 2.24. The summed E-state index contributed by atoms with van der Waals surface area (Å²) in [5.41, 5.74) is 0.479. The summed E-state index contributed by atoms with van der Waals surface area (Å²) in [6.07, 6.45) is 8.84. The zero-order chi connectivity index (χ0) is 17.9. The Hall–Kier alpha value is -1.30. The van der Waals surface area contributed by atoms with Crippen LogP contribution in [-0.4, -0.2) is 49.7 Å². The van der Waals surface area contributed by atoms with Gasteiger partial charge >= 0.3 is 0 Å². The maximum Gasteiger partial charge on any atom is 0.182 e. The second kappa shape index (κ2) is 11.3. The normalized spacial score (nSPS) is 18.4. The molecule has 3 unspecified atom stereocenters. The number of ketones is 2. The Balaban J connectivity index is 2.56. The van der Waals surface area contributed by atoms with Gasteiger partial charge in [0.15, 0.2) is 11.6 Å². The van der Waals surface area contributed by atoms with E-state index in [-0.39, 0.29) is 30.4 Å². The Morgan fingerprint density at radius 2 is 1.75 bits per heavy atom. The van der Waals surface area contributed by atoms with Crippen LogP contribution in [0.5, 0.6) is 0 Å². The molecule has 0 aromatic rings. The first kappa shape index (κ1) is 20.7. The van der Waals surface area contributed by atoms with Crippen molar-refractivity contribution in [2.24, 2.45) is 5.92 Å². The molecule has 0 saturated heterocycles. The summed E-state index contributed by atoms with van der Waals surface area (Å²) in [7, 11) is 3.26. The minimum absolute atomic E-state index is 0.127. The van der Waals surface area contributed by atoms with E-state index in [1.165, 1.54) is 18.2 Å². The molecule has 0 aromatic heterocycles. The van der Waals surface area contributed by atoms with E-state index in [0.717, 1.165) is 32.1 Å². The van der Waals surface area contributed by atoms with Gasteiger partial charge in [-0.05, 0) is 37.0 Å². The van der Waals surface area contributed by atoms with Crippen LogP contribution in [0.4, 0.5) is 0 Å². The van der Waals surface area contributed by atoms with E-state index in [2.05, 4.69) is 6.92 Å². The summed E-state index contributed by atoms with van der Waals surface area (Å²) in [5, 5.41) is 8.82. The van der Waals surface area contributed by atoms with Gasteiger partial charge in [0, 0.05) is 32.8 Å². The van der Waals surface area contributed by atoms with Gasteiger partial charge < -0.3 is 14.6 Å². The summed E-state index contributed by atoms with van der Waals surface area (Å²) >= 11 is 0. The van der Waals surface area contributed by atoms with Gasteiger partial charge in [-0.25, -0.2) is 0 Å². The molecule has 5 heteroatoms. The number of carbonyl (C=O) groups excluding carboxylic acids is 2. The fourth-order valence-electron chi connectivity index (χ4n) is 2.99. The second-order valence-corrected chi connectivity index (χ2v) is 6.44. The van der Waals surface area contributed by atoms with Gasteiger partial charge in [0.2, 0.25) is 0 Å². The molecular weight excluding hydrogens is 308 g/mol. The quantitative estimate of drug-likeness (QED) is 0.437. The predicted molar refractivity (Wildman–Crippen MR) is 92.8 cm³/mol. The number of unbranched alkanes of at least 4 members (excludes halogenated alkanes) is 2. The number of carbonyl (C=O) groups is 2. The molecule has 0 spiro atoms. The Morgan fingerprint density at radius 1 is 1.04 bits per heavy atom. The van der Waals surface area contributed by atoms with Crippen LogP contribution in [0.1, 0.15) is 45.4 Å². The number of methoxy groups -OCH3 is 2. The van der Waals surface area contributed by atoms with Crippen molar-refractivity contribution in [3.05, 3.63) is 23.8 Å². The van der Waals surface area contributed by atoms with Gasteiger partial charge in [0.25, 0.3) is 0 Å². The maximum atomic E-state index is 11.9. The molecular formula is C19H30O5. The lowest BCUT2D eigenvalue weighted by molar-refractivity contribution is -0.115. The number of ether oxygens (including phenoxy) is 2. The number of allylic oxidation sites excluding steroid dienone is 3. The minimum atomic E-state index is -0.260. The van der Waals surface area contributed by atoms with Crippen molar-refractivity contribution in [3.8, 4) is 0 Å². The van der Waals surface area contributed by atoms with Crippen molar-refractivity contribution >= 4 is 11.6 Å². The van der Waals surface area contributed by atoms with Crippen LogP contribution in [0.2, 0.25) is 0 Å². The van der Waals surface area contributed by atoms with Crippen molar-refractivity contribution in [3.63, 3.8) is 0 Å². The fourth-order valence-corrected chi connectivity index (χ4v) is 2.99. The number of aliphatic hydroxyl groups is 1. The average Bonchev–Trinajstić information content (AvgIpc) is 2.57. The standard InChI is InChI=1S/C19H30O5/c1-14(7-5-4-6-10-20)11-18(23-2)19(24-3)13-15-12-16(21)8-9-17(15)22/h8-9,12,14,18-20H,4-7,10-11,13H2,1-3H3. The van der Waals surface area contributed by atoms with E-state index in [0.29, 0.717) is 17.9 Å². The third kappa shape index (κ3) is 7.07. The van der Waals surface area contributed by atoms with E-state index in [4.69, 9.17) is 14.6 Å². The van der Waals surface area contributed by atoms with Crippen LogP contribution in [-0.2, 0) is 19.1 Å². The molecule has 0 aromatic carbocycles. The smallest absolute Gasteiger partial charge is 0.182 e. The molecule has 0 aliphatic heterocycles. The van der Waals surface area contributed by atoms with Crippen molar-refractivity contribution in [1.82, 2.24) is 0 Å². The van der Waals surface area contributed by atoms with Crippen LogP contribution in [0, 0.1) is 5.92 Å². The molecule has 0 radical (unpaired) electrons. The lowest BCUT2D eigenvalue weighted by Crippen LogP contribution is -2.33. The highest BCUT2D eigenvalue weighted by atomic mass is 16.5. The van der Waals surface area contributed by atoms with Gasteiger partial charge in [0.05, 0.1) is 12.2 Å². The highest BCUT2D eigenvalue weighted by molar-refractivity contribution is 6.17. The molecule has 1 rings (SSSR count). The monoisotopic (exact) mass is 338 g/mol. The van der Waals surface area contributed by atoms with E-state index in [1.54, 1.807) is 14.2 Å². The van der Waals surface area contributed by atoms with Gasteiger partial charge in [-0.15, -0.1) is 0 Å². The lowest BCUT2D eigenvalue weighted by atomic mass is 9.90. The van der Waals surface area contributed by atoms with Crippen molar-refractivity contribution in [2.75, 3.05) is 20.8 Å². The van der Waals surface area contributed by atoms with Crippen LogP contribution in [0.3, 0.4) is 0 Å². The molecule has 1 aliphatic carbocycles. The van der Waals surface area contributed by atoms with Gasteiger partial charge in [-0.1, -0.05) is 26.2 Å². The molecule has 0 saturated carbocycles. The van der Waals surface area contributed by atoms with Crippen molar-refractivity contribution < 1.29 is 24.2 Å². The second-order valence-electron chi connectivity index (χ2n) is 6.44. The van der Waals surface area contributed by atoms with Gasteiger partial charge in [-0.2, -0.15) is 0 Å². The molecule has 3 atom stereocenters. The number of hydrogen-bond acceptors (Lipinski definition) is 5. The molecule has 136 valence electrons. The Labute approximate surface area is 144 Å². The van der Waals surface area contributed by atoms with Gasteiger partial charge in [0.1, 0.15) is 0 Å². The van der Waals surface area contributed by atoms with Gasteiger partial charge in [-0.3, -0.25) is 9.59 Å². The first-order valence-electron chi connectivity index (χ1n) is 8.65. The zero-order valence-corrected chi connectivity index (χ0v) is 15.0. The predicted octanol–water partition coefficient (Wildman–Crippen LogP) is 2.62. The van der Waals surface area contributed by atoms with E-state index in [1.807, 2.05) is 0 Å². The lowest BCUT2D eigenvalue weighted by Gasteiger charge is -2.28.